The highest BCUT2D eigenvalue weighted by Gasteiger charge is 2.69. The zero-order valence-electron chi connectivity index (χ0n) is 7.55. The first-order valence-electron chi connectivity index (χ1n) is 5.49. The van der Waals surface area contributed by atoms with Crippen LogP contribution in [0.3, 0.4) is 0 Å². The molecule has 0 aromatic rings. The lowest BCUT2D eigenvalue weighted by atomic mass is 9.56. The average Bonchev–Trinajstić information content (AvgIpc) is 2.26. The van der Waals surface area contributed by atoms with Crippen LogP contribution >= 0.6 is 0 Å². The van der Waals surface area contributed by atoms with Crippen molar-refractivity contribution in [2.24, 2.45) is 28.9 Å². The molecule has 0 radical (unpaired) electrons. The van der Waals surface area contributed by atoms with Crippen LogP contribution in [0.5, 0.6) is 0 Å². The first-order valence-corrected chi connectivity index (χ1v) is 5.49. The summed E-state index contributed by atoms with van der Waals surface area (Å²) in [6, 6.07) is 0. The molecule has 0 amide bonds. The lowest BCUT2D eigenvalue weighted by Gasteiger charge is -2.49. The van der Waals surface area contributed by atoms with Gasteiger partial charge >= 0.3 is 0 Å². The van der Waals surface area contributed by atoms with Gasteiger partial charge in [-0.15, -0.1) is 0 Å². The zero-order valence-corrected chi connectivity index (χ0v) is 7.55. The Labute approximate surface area is 73.7 Å². The average molecular weight is 163 g/mol. The predicted molar refractivity (Wildman–Crippen MR) is 47.5 cm³/mol. The number of rotatable bonds is 0. The minimum atomic E-state index is 0.304. The van der Waals surface area contributed by atoms with E-state index in [1.54, 1.807) is 6.42 Å². The molecule has 2 N–H and O–H groups in total. The van der Waals surface area contributed by atoms with Crippen LogP contribution in [0.1, 0.15) is 38.5 Å². The molecular formula is C11H17N. The van der Waals surface area contributed by atoms with Crippen LogP contribution < -0.4 is 5.73 Å². The van der Waals surface area contributed by atoms with Crippen LogP contribution in [-0.2, 0) is 0 Å². The van der Waals surface area contributed by atoms with Gasteiger partial charge in [0.2, 0.25) is 0 Å². The summed E-state index contributed by atoms with van der Waals surface area (Å²) >= 11 is 0. The first-order chi connectivity index (χ1) is 5.70. The summed E-state index contributed by atoms with van der Waals surface area (Å²) in [7, 11) is 0. The molecule has 2 unspecified atom stereocenters. The summed E-state index contributed by atoms with van der Waals surface area (Å²) in [6.07, 6.45) is 8.76. The van der Waals surface area contributed by atoms with E-state index in [9.17, 15) is 0 Å². The van der Waals surface area contributed by atoms with Crippen molar-refractivity contribution in [1.82, 2.24) is 0 Å². The van der Waals surface area contributed by atoms with E-state index in [4.69, 9.17) is 5.73 Å². The fraction of sp³-hybridized carbons (Fsp3) is 1.00. The van der Waals surface area contributed by atoms with Crippen LogP contribution in [-0.4, -0.2) is 5.54 Å². The molecular weight excluding hydrogens is 146 g/mol. The largest absolute Gasteiger partial charge is 0.325 e. The normalized spacial score (nSPS) is 71.2. The standard InChI is InChI=1S/C11H17N/c12-10-3-7-1-8-2-9(5-10)11(8,4-7)6-10/h7-9H,1-6,12H2/t7-,8-,9+,10?,11?/m1/s1. The number of hydrogen-bond acceptors (Lipinski definition) is 1. The predicted octanol–water partition coefficient (Wildman–Crippen LogP) is 1.91. The second-order valence-corrected chi connectivity index (χ2v) is 6.12. The van der Waals surface area contributed by atoms with Gasteiger partial charge < -0.3 is 5.73 Å². The second-order valence-electron chi connectivity index (χ2n) is 6.12. The third-order valence-corrected chi connectivity index (χ3v) is 5.51. The summed E-state index contributed by atoms with van der Waals surface area (Å²) < 4.78 is 0. The third-order valence-electron chi connectivity index (χ3n) is 5.51. The number of nitrogens with two attached hydrogens (primary N) is 1. The number of hydrogen-bond donors (Lipinski definition) is 1. The molecule has 4 fully saturated rings. The summed E-state index contributed by atoms with van der Waals surface area (Å²) in [5, 5.41) is 0. The van der Waals surface area contributed by atoms with E-state index in [1.165, 1.54) is 32.1 Å². The Morgan fingerprint density at radius 3 is 2.83 bits per heavy atom. The summed E-state index contributed by atoms with van der Waals surface area (Å²) in [4.78, 5) is 0. The van der Waals surface area contributed by atoms with E-state index in [1.807, 2.05) is 0 Å². The van der Waals surface area contributed by atoms with Gasteiger partial charge in [0.25, 0.3) is 0 Å². The van der Waals surface area contributed by atoms with Crippen LogP contribution in [0.2, 0.25) is 0 Å². The molecule has 0 heterocycles. The quantitative estimate of drug-likeness (QED) is 0.580. The van der Waals surface area contributed by atoms with Crippen molar-refractivity contribution >= 4 is 0 Å². The maximum Gasteiger partial charge on any atom is 0.0165 e. The summed E-state index contributed by atoms with van der Waals surface area (Å²) in [6.45, 7) is 0. The molecule has 4 aliphatic carbocycles. The molecule has 0 aliphatic heterocycles. The smallest absolute Gasteiger partial charge is 0.0165 e. The Bertz CT molecular complexity index is 256. The van der Waals surface area contributed by atoms with Crippen molar-refractivity contribution in [3.05, 3.63) is 0 Å². The van der Waals surface area contributed by atoms with Gasteiger partial charge in [-0.25, -0.2) is 0 Å². The highest BCUT2D eigenvalue weighted by molar-refractivity contribution is 5.22. The molecule has 0 aromatic carbocycles. The molecule has 0 aromatic heterocycles. The van der Waals surface area contributed by atoms with Crippen LogP contribution in [0.4, 0.5) is 0 Å². The van der Waals surface area contributed by atoms with Gasteiger partial charge in [0, 0.05) is 5.54 Å². The highest BCUT2D eigenvalue weighted by Crippen LogP contribution is 2.75. The summed E-state index contributed by atoms with van der Waals surface area (Å²) in [5.41, 5.74) is 7.54. The monoisotopic (exact) mass is 163 g/mol. The fourth-order valence-electron chi connectivity index (χ4n) is 5.42. The topological polar surface area (TPSA) is 26.0 Å². The maximum absolute atomic E-state index is 6.43. The van der Waals surface area contributed by atoms with Gasteiger partial charge in [0.15, 0.2) is 0 Å². The van der Waals surface area contributed by atoms with E-state index in [0.717, 1.165) is 23.2 Å². The Morgan fingerprint density at radius 1 is 1.00 bits per heavy atom. The molecule has 3 bridgehead atoms. The van der Waals surface area contributed by atoms with E-state index in [-0.39, 0.29) is 0 Å². The molecule has 1 nitrogen and oxygen atoms in total. The molecule has 5 atom stereocenters. The molecule has 1 spiro atoms. The molecule has 0 saturated heterocycles. The lowest BCUT2D eigenvalue weighted by molar-refractivity contribution is 0.0000434. The Balaban J connectivity index is 1.89. The molecule has 4 saturated carbocycles. The van der Waals surface area contributed by atoms with Crippen molar-refractivity contribution in [2.45, 2.75) is 44.1 Å². The van der Waals surface area contributed by atoms with Crippen LogP contribution in [0.25, 0.3) is 0 Å². The van der Waals surface area contributed by atoms with E-state index < -0.39 is 0 Å². The minimum Gasteiger partial charge on any atom is -0.325 e. The van der Waals surface area contributed by atoms with E-state index >= 15 is 0 Å². The fourth-order valence-corrected chi connectivity index (χ4v) is 5.42. The highest BCUT2D eigenvalue weighted by atomic mass is 14.9. The van der Waals surface area contributed by atoms with Crippen molar-refractivity contribution in [3.63, 3.8) is 0 Å². The van der Waals surface area contributed by atoms with Crippen LogP contribution in [0.15, 0.2) is 0 Å². The van der Waals surface area contributed by atoms with Gasteiger partial charge in [-0.2, -0.15) is 0 Å². The molecule has 66 valence electrons. The number of fused-ring (bicyclic) bond motifs is 2. The minimum absolute atomic E-state index is 0.304. The van der Waals surface area contributed by atoms with Crippen molar-refractivity contribution in [2.75, 3.05) is 0 Å². The Morgan fingerprint density at radius 2 is 1.92 bits per heavy atom. The van der Waals surface area contributed by atoms with Gasteiger partial charge in [-0.05, 0) is 61.7 Å². The second kappa shape index (κ2) is 1.50. The van der Waals surface area contributed by atoms with Crippen molar-refractivity contribution in [3.8, 4) is 0 Å². The Hall–Kier alpha value is -0.0400. The lowest BCUT2D eigenvalue weighted by Crippen LogP contribution is -2.44. The van der Waals surface area contributed by atoms with Gasteiger partial charge in [0.05, 0.1) is 0 Å². The molecule has 1 heteroatoms. The summed E-state index contributed by atoms with van der Waals surface area (Å²) in [5.74, 6) is 3.20. The van der Waals surface area contributed by atoms with Gasteiger partial charge in [-0.3, -0.25) is 0 Å². The molecule has 4 aliphatic rings. The van der Waals surface area contributed by atoms with Crippen molar-refractivity contribution in [1.29, 1.82) is 0 Å². The van der Waals surface area contributed by atoms with Gasteiger partial charge in [-0.1, -0.05) is 0 Å². The van der Waals surface area contributed by atoms with Gasteiger partial charge in [0.1, 0.15) is 0 Å². The maximum atomic E-state index is 6.43. The third kappa shape index (κ3) is 0.477. The molecule has 12 heavy (non-hydrogen) atoms. The Kier molecular flexibility index (Phi) is 0.800. The van der Waals surface area contributed by atoms with E-state index in [2.05, 4.69) is 0 Å². The van der Waals surface area contributed by atoms with Crippen LogP contribution in [0, 0.1) is 23.2 Å². The van der Waals surface area contributed by atoms with Crippen molar-refractivity contribution < 1.29 is 0 Å². The first kappa shape index (κ1) is 6.42. The van der Waals surface area contributed by atoms with E-state index in [0.29, 0.717) is 5.54 Å². The molecule has 4 rings (SSSR count). The SMILES string of the molecule is NC12C[C@H]3C[C@@H]4C[C@@H](C1)C4(C3)C2. The zero-order chi connectivity index (χ0) is 7.97.